The fourth-order valence-electron chi connectivity index (χ4n) is 4.46. The zero-order valence-corrected chi connectivity index (χ0v) is 20.7. The molecule has 0 saturated carbocycles. The molecule has 2 aromatic heterocycles. The number of carboxylic acids is 1. The number of carbonyl (C=O) groups excluding carboxylic acids is 1. The molecule has 36 heavy (non-hydrogen) atoms. The van der Waals surface area contributed by atoms with Crippen LogP contribution in [0, 0.1) is 6.92 Å². The predicted molar refractivity (Wildman–Crippen MR) is 136 cm³/mol. The molecule has 0 atom stereocenters. The van der Waals surface area contributed by atoms with Crippen LogP contribution in [0.15, 0.2) is 64.4 Å². The minimum atomic E-state index is -0.841. The van der Waals surface area contributed by atoms with E-state index in [1.807, 2.05) is 66.9 Å². The van der Waals surface area contributed by atoms with Gasteiger partial charge in [-0.15, -0.1) is 11.3 Å². The van der Waals surface area contributed by atoms with Gasteiger partial charge in [0.15, 0.2) is 0 Å². The average molecular weight is 503 g/mol. The van der Waals surface area contributed by atoms with Gasteiger partial charge in [0.2, 0.25) is 5.89 Å². The highest BCUT2D eigenvalue weighted by Crippen LogP contribution is 2.35. The fraction of sp³-hybridized carbons (Fsp3) is 0.250. The zero-order chi connectivity index (χ0) is 25.1. The Hall–Kier alpha value is -3.91. The number of carbonyl (C=O) groups is 2. The van der Waals surface area contributed by atoms with Crippen molar-refractivity contribution >= 4 is 23.2 Å². The molecule has 1 N–H and O–H groups in total. The molecule has 0 aliphatic carbocycles. The third-order valence-corrected chi connectivity index (χ3v) is 7.18. The summed E-state index contributed by atoms with van der Waals surface area (Å²) >= 11 is 1.42. The van der Waals surface area contributed by atoms with Crippen molar-refractivity contribution in [3.8, 4) is 17.2 Å². The summed E-state index contributed by atoms with van der Waals surface area (Å²) in [5.74, 6) is 1.21. The van der Waals surface area contributed by atoms with Crippen LogP contribution in [0.2, 0.25) is 0 Å². The van der Waals surface area contributed by atoms with Gasteiger partial charge in [-0.2, -0.15) is 0 Å². The summed E-state index contributed by atoms with van der Waals surface area (Å²) in [6, 6.07) is 17.3. The van der Waals surface area contributed by atoms with E-state index in [9.17, 15) is 9.59 Å². The molecule has 184 valence electrons. The van der Waals surface area contributed by atoms with Crippen molar-refractivity contribution in [1.82, 2.24) is 9.88 Å². The summed E-state index contributed by atoms with van der Waals surface area (Å²) in [6.07, 6.45) is 1.04. The predicted octanol–water partition coefficient (Wildman–Crippen LogP) is 5.51. The van der Waals surface area contributed by atoms with Crippen LogP contribution in [0.4, 0.5) is 0 Å². The lowest BCUT2D eigenvalue weighted by Gasteiger charge is -2.14. The number of aryl methyl sites for hydroxylation is 2. The molecule has 0 fully saturated rings. The summed E-state index contributed by atoms with van der Waals surface area (Å²) in [7, 11) is 0. The first-order valence-corrected chi connectivity index (χ1v) is 12.7. The van der Waals surface area contributed by atoms with Crippen molar-refractivity contribution in [2.24, 2.45) is 0 Å². The number of amides is 1. The van der Waals surface area contributed by atoms with Gasteiger partial charge < -0.3 is 19.2 Å². The zero-order valence-electron chi connectivity index (χ0n) is 19.9. The van der Waals surface area contributed by atoms with Crippen LogP contribution in [-0.4, -0.2) is 33.5 Å². The summed E-state index contributed by atoms with van der Waals surface area (Å²) < 4.78 is 12.0. The molecule has 0 spiro atoms. The second-order valence-corrected chi connectivity index (χ2v) is 9.65. The van der Waals surface area contributed by atoms with Crippen LogP contribution >= 0.6 is 11.3 Å². The minimum absolute atomic E-state index is 0.0250. The molecular weight excluding hydrogens is 476 g/mol. The van der Waals surface area contributed by atoms with Gasteiger partial charge in [-0.25, -0.2) is 4.98 Å². The minimum Gasteiger partial charge on any atom is -0.493 e. The van der Waals surface area contributed by atoms with Crippen LogP contribution in [-0.2, 0) is 30.7 Å². The molecule has 1 aliphatic heterocycles. The van der Waals surface area contributed by atoms with Crippen molar-refractivity contribution < 1.29 is 23.8 Å². The maximum absolute atomic E-state index is 13.0. The third-order valence-electron chi connectivity index (χ3n) is 6.32. The Kier molecular flexibility index (Phi) is 6.86. The van der Waals surface area contributed by atoms with E-state index in [1.54, 1.807) is 4.90 Å². The molecule has 0 unspecified atom stereocenters. The molecular formula is C28H26N2O5S. The highest BCUT2D eigenvalue weighted by Gasteiger charge is 2.29. The number of ether oxygens (including phenoxy) is 1. The SMILES string of the molecule is Cc1oc(-c2ccccc2)nc1CCOc1ccc(CCC(=O)O)c2c1CN(C(=O)c1cccs1)C2. The van der Waals surface area contributed by atoms with E-state index in [2.05, 4.69) is 4.98 Å². The first-order chi connectivity index (χ1) is 17.5. The molecule has 7 nitrogen and oxygen atoms in total. The second-order valence-electron chi connectivity index (χ2n) is 8.70. The number of hydrogen-bond donors (Lipinski definition) is 1. The molecule has 8 heteroatoms. The number of rotatable bonds is 9. The number of benzene rings is 2. The van der Waals surface area contributed by atoms with E-state index in [0.29, 0.717) is 43.3 Å². The van der Waals surface area contributed by atoms with Gasteiger partial charge in [0.1, 0.15) is 11.5 Å². The molecule has 0 radical (unpaired) electrons. The number of aromatic nitrogens is 1. The highest BCUT2D eigenvalue weighted by molar-refractivity contribution is 7.12. The lowest BCUT2D eigenvalue weighted by Crippen LogP contribution is -2.24. The van der Waals surface area contributed by atoms with Gasteiger partial charge in [0, 0.05) is 30.5 Å². The lowest BCUT2D eigenvalue weighted by atomic mass is 9.99. The summed E-state index contributed by atoms with van der Waals surface area (Å²) in [5.41, 5.74) is 4.66. The van der Waals surface area contributed by atoms with Gasteiger partial charge in [0.05, 0.1) is 23.7 Å². The molecule has 2 aromatic carbocycles. The Morgan fingerprint density at radius 1 is 1.06 bits per heavy atom. The Balaban J connectivity index is 1.32. The number of carboxylic acid groups (broad SMARTS) is 1. The molecule has 5 rings (SSSR count). The maximum Gasteiger partial charge on any atom is 0.303 e. The largest absolute Gasteiger partial charge is 0.493 e. The number of oxazole rings is 1. The number of aliphatic carboxylic acids is 1. The quantitative estimate of drug-likeness (QED) is 0.325. The van der Waals surface area contributed by atoms with Gasteiger partial charge in [-0.3, -0.25) is 9.59 Å². The van der Waals surface area contributed by atoms with E-state index in [0.717, 1.165) is 39.5 Å². The Labute approximate surface area is 213 Å². The normalized spacial score (nSPS) is 12.5. The topological polar surface area (TPSA) is 92.9 Å². The second kappa shape index (κ2) is 10.4. The van der Waals surface area contributed by atoms with Crippen LogP contribution in [0.3, 0.4) is 0 Å². The summed E-state index contributed by atoms with van der Waals surface area (Å²) in [6.45, 7) is 3.18. The van der Waals surface area contributed by atoms with Crippen molar-refractivity contribution in [3.05, 3.63) is 93.0 Å². The first kappa shape index (κ1) is 23.8. The number of hydrogen-bond acceptors (Lipinski definition) is 6. The Morgan fingerprint density at radius 3 is 2.61 bits per heavy atom. The number of thiophene rings is 1. The van der Waals surface area contributed by atoms with Crippen molar-refractivity contribution in [2.75, 3.05) is 6.61 Å². The van der Waals surface area contributed by atoms with Gasteiger partial charge >= 0.3 is 5.97 Å². The summed E-state index contributed by atoms with van der Waals surface area (Å²) in [5, 5.41) is 11.1. The molecule has 1 amide bonds. The van der Waals surface area contributed by atoms with Gasteiger partial charge in [-0.1, -0.05) is 30.3 Å². The maximum atomic E-state index is 13.0. The van der Waals surface area contributed by atoms with Gasteiger partial charge in [-0.05, 0) is 54.1 Å². The van der Waals surface area contributed by atoms with Crippen LogP contribution in [0.25, 0.3) is 11.5 Å². The molecule has 0 saturated heterocycles. The first-order valence-electron chi connectivity index (χ1n) is 11.8. The van der Waals surface area contributed by atoms with Crippen LogP contribution < -0.4 is 4.74 Å². The molecule has 4 aromatic rings. The van der Waals surface area contributed by atoms with E-state index >= 15 is 0 Å². The standard InChI is InChI=1S/C28H26N2O5S/c1-18-23(29-27(35-18)20-6-3-2-4-7-20)13-14-34-24-11-9-19(10-12-26(31)32)21-16-30(17-22(21)24)28(33)25-8-5-15-36-25/h2-9,11,15H,10,12-14,16-17H2,1H3,(H,31,32). The smallest absolute Gasteiger partial charge is 0.303 e. The molecule has 0 bridgehead atoms. The van der Waals surface area contributed by atoms with Crippen molar-refractivity contribution in [1.29, 1.82) is 0 Å². The van der Waals surface area contributed by atoms with Crippen molar-refractivity contribution in [3.63, 3.8) is 0 Å². The van der Waals surface area contributed by atoms with E-state index in [-0.39, 0.29) is 12.3 Å². The Morgan fingerprint density at radius 2 is 1.86 bits per heavy atom. The van der Waals surface area contributed by atoms with E-state index in [4.69, 9.17) is 14.3 Å². The van der Waals surface area contributed by atoms with E-state index < -0.39 is 5.97 Å². The van der Waals surface area contributed by atoms with Crippen LogP contribution in [0.1, 0.15) is 44.2 Å². The monoisotopic (exact) mass is 502 g/mol. The summed E-state index contributed by atoms with van der Waals surface area (Å²) in [4.78, 5) is 31.3. The number of fused-ring (bicyclic) bond motifs is 1. The molecule has 3 heterocycles. The van der Waals surface area contributed by atoms with Crippen molar-refractivity contribution in [2.45, 2.75) is 39.3 Å². The lowest BCUT2D eigenvalue weighted by molar-refractivity contribution is -0.136. The van der Waals surface area contributed by atoms with Crippen LogP contribution in [0.5, 0.6) is 5.75 Å². The fourth-order valence-corrected chi connectivity index (χ4v) is 5.15. The number of nitrogens with zero attached hydrogens (tertiary/aromatic N) is 2. The van der Waals surface area contributed by atoms with Gasteiger partial charge in [0.25, 0.3) is 5.91 Å². The highest BCUT2D eigenvalue weighted by atomic mass is 32.1. The average Bonchev–Trinajstić information content (AvgIpc) is 3.64. The molecule has 1 aliphatic rings. The third kappa shape index (κ3) is 5.04. The Bertz CT molecular complexity index is 1380. The van der Waals surface area contributed by atoms with E-state index in [1.165, 1.54) is 11.3 Å².